The van der Waals surface area contributed by atoms with Crippen molar-refractivity contribution in [2.45, 2.75) is 33.4 Å². The lowest BCUT2D eigenvalue weighted by atomic mass is 10.1. The first-order valence-corrected chi connectivity index (χ1v) is 7.53. The fourth-order valence-corrected chi connectivity index (χ4v) is 2.12. The summed E-state index contributed by atoms with van der Waals surface area (Å²) in [5.41, 5.74) is 15.7. The SMILES string of the molecule is C=C(/C=C\C(CS)=C(C)C)CCN(CC)C(N)C(=C)N. The van der Waals surface area contributed by atoms with Crippen LogP contribution in [0.3, 0.4) is 0 Å². The Bertz CT molecular complexity index is 393. The summed E-state index contributed by atoms with van der Waals surface area (Å²) in [4.78, 5) is 2.09. The van der Waals surface area contributed by atoms with Gasteiger partial charge in [-0.1, -0.05) is 43.4 Å². The molecule has 1 atom stereocenters. The second-order valence-corrected chi connectivity index (χ2v) is 5.39. The molecule has 0 aliphatic heterocycles. The first kappa shape index (κ1) is 19.0. The molecule has 0 bridgehead atoms. The predicted octanol–water partition coefficient (Wildman–Crippen LogP) is 2.83. The van der Waals surface area contributed by atoms with Gasteiger partial charge in [-0.15, -0.1) is 0 Å². The fraction of sp³-hybridized carbons (Fsp3) is 0.500. The molecule has 0 aromatic rings. The Labute approximate surface area is 129 Å². The molecule has 114 valence electrons. The van der Waals surface area contributed by atoms with E-state index in [0.29, 0.717) is 5.70 Å². The molecule has 0 aromatic carbocycles. The van der Waals surface area contributed by atoms with Crippen LogP contribution in [0, 0.1) is 0 Å². The van der Waals surface area contributed by atoms with Gasteiger partial charge in [0.25, 0.3) is 0 Å². The summed E-state index contributed by atoms with van der Waals surface area (Å²) in [6, 6.07) is 0. The van der Waals surface area contributed by atoms with Crippen LogP contribution in [-0.2, 0) is 0 Å². The van der Waals surface area contributed by atoms with Gasteiger partial charge in [-0.25, -0.2) is 0 Å². The lowest BCUT2D eigenvalue weighted by molar-refractivity contribution is 0.238. The first-order chi connectivity index (χ1) is 9.33. The molecule has 3 nitrogen and oxygen atoms in total. The standard InChI is InChI=1S/C16H29N3S/c1-6-19(16(18)14(5)17)10-9-13(4)7-8-15(11-20)12(2)3/h7-8,16,20H,4-6,9-11,17-18H2,1-3H3/b8-7-. The van der Waals surface area contributed by atoms with Gasteiger partial charge in [0.15, 0.2) is 0 Å². The minimum absolute atomic E-state index is 0.289. The van der Waals surface area contributed by atoms with Crippen molar-refractivity contribution in [1.82, 2.24) is 4.90 Å². The molecule has 0 aliphatic rings. The summed E-state index contributed by atoms with van der Waals surface area (Å²) in [7, 11) is 0. The van der Waals surface area contributed by atoms with Crippen LogP contribution >= 0.6 is 12.6 Å². The van der Waals surface area contributed by atoms with Crippen LogP contribution in [0.4, 0.5) is 0 Å². The maximum Gasteiger partial charge on any atom is 0.0976 e. The maximum atomic E-state index is 5.98. The lowest BCUT2D eigenvalue weighted by Crippen LogP contribution is -2.45. The first-order valence-electron chi connectivity index (χ1n) is 6.90. The van der Waals surface area contributed by atoms with Crippen LogP contribution in [0.1, 0.15) is 27.2 Å². The second kappa shape index (κ2) is 9.86. The summed E-state index contributed by atoms with van der Waals surface area (Å²) in [6.45, 7) is 15.7. The number of thiol groups is 1. The molecule has 0 heterocycles. The summed E-state index contributed by atoms with van der Waals surface area (Å²) >= 11 is 4.32. The van der Waals surface area contributed by atoms with Gasteiger partial charge < -0.3 is 11.5 Å². The van der Waals surface area contributed by atoms with Gasteiger partial charge in [0.05, 0.1) is 6.17 Å². The van der Waals surface area contributed by atoms with Crippen LogP contribution in [0.5, 0.6) is 0 Å². The molecule has 0 rings (SSSR count). The Morgan fingerprint density at radius 2 is 1.90 bits per heavy atom. The molecule has 0 aliphatic carbocycles. The normalized spacial score (nSPS) is 12.7. The highest BCUT2D eigenvalue weighted by Crippen LogP contribution is 2.11. The zero-order chi connectivity index (χ0) is 15.7. The topological polar surface area (TPSA) is 55.3 Å². The van der Waals surface area contributed by atoms with Crippen molar-refractivity contribution in [3.05, 3.63) is 47.7 Å². The molecule has 0 aromatic heterocycles. The Hall–Kier alpha value is -0.970. The molecule has 4 heteroatoms. The highest BCUT2D eigenvalue weighted by Gasteiger charge is 2.12. The van der Waals surface area contributed by atoms with Crippen molar-refractivity contribution in [1.29, 1.82) is 0 Å². The number of hydrogen-bond donors (Lipinski definition) is 3. The molecular weight excluding hydrogens is 266 g/mol. The van der Waals surface area contributed by atoms with Gasteiger partial charge in [-0.3, -0.25) is 4.90 Å². The third-order valence-electron chi connectivity index (χ3n) is 3.23. The van der Waals surface area contributed by atoms with E-state index in [1.165, 1.54) is 11.1 Å². The zero-order valence-corrected chi connectivity index (χ0v) is 13.9. The Morgan fingerprint density at radius 1 is 1.30 bits per heavy atom. The Balaban J connectivity index is 4.45. The van der Waals surface area contributed by atoms with Crippen molar-refractivity contribution < 1.29 is 0 Å². The number of nitrogens with two attached hydrogens (primary N) is 2. The smallest absolute Gasteiger partial charge is 0.0976 e. The van der Waals surface area contributed by atoms with Crippen LogP contribution in [0.25, 0.3) is 0 Å². The molecule has 0 radical (unpaired) electrons. The van der Waals surface area contributed by atoms with E-state index in [0.717, 1.165) is 30.8 Å². The molecule has 4 N–H and O–H groups in total. The second-order valence-electron chi connectivity index (χ2n) is 5.07. The average Bonchev–Trinajstić information content (AvgIpc) is 2.39. The molecule has 0 fully saturated rings. The number of hydrogen-bond acceptors (Lipinski definition) is 4. The predicted molar refractivity (Wildman–Crippen MR) is 93.7 cm³/mol. The lowest BCUT2D eigenvalue weighted by Gasteiger charge is -2.27. The molecule has 0 amide bonds. The quantitative estimate of drug-likeness (QED) is 0.348. The van der Waals surface area contributed by atoms with Crippen LogP contribution in [0.15, 0.2) is 47.7 Å². The molecule has 0 saturated carbocycles. The van der Waals surface area contributed by atoms with Crippen molar-refractivity contribution in [3.8, 4) is 0 Å². The summed E-state index contributed by atoms with van der Waals surface area (Å²) in [5.74, 6) is 0.741. The third-order valence-corrected chi connectivity index (χ3v) is 3.57. The number of rotatable bonds is 9. The van der Waals surface area contributed by atoms with E-state index < -0.39 is 0 Å². The number of likely N-dealkylation sites (N-methyl/N-ethyl adjacent to an activating group) is 1. The van der Waals surface area contributed by atoms with E-state index in [9.17, 15) is 0 Å². The molecule has 20 heavy (non-hydrogen) atoms. The van der Waals surface area contributed by atoms with E-state index in [-0.39, 0.29) is 6.17 Å². The van der Waals surface area contributed by atoms with E-state index in [2.05, 4.69) is 63.6 Å². The summed E-state index contributed by atoms with van der Waals surface area (Å²) < 4.78 is 0. The van der Waals surface area contributed by atoms with E-state index in [1.807, 2.05) is 0 Å². The number of allylic oxidation sites excluding steroid dienone is 3. The van der Waals surface area contributed by atoms with Crippen LogP contribution in [0.2, 0.25) is 0 Å². The highest BCUT2D eigenvalue weighted by molar-refractivity contribution is 7.80. The van der Waals surface area contributed by atoms with Crippen molar-refractivity contribution in [2.24, 2.45) is 11.5 Å². The van der Waals surface area contributed by atoms with Crippen LogP contribution < -0.4 is 11.5 Å². The van der Waals surface area contributed by atoms with Crippen LogP contribution in [-0.4, -0.2) is 29.9 Å². The van der Waals surface area contributed by atoms with Gasteiger partial charge in [0.2, 0.25) is 0 Å². The maximum absolute atomic E-state index is 5.98. The van der Waals surface area contributed by atoms with Gasteiger partial charge in [0, 0.05) is 18.0 Å². The number of nitrogens with zero attached hydrogens (tertiary/aromatic N) is 1. The highest BCUT2D eigenvalue weighted by atomic mass is 32.1. The minimum Gasteiger partial charge on any atom is -0.400 e. The van der Waals surface area contributed by atoms with Crippen molar-refractivity contribution in [3.63, 3.8) is 0 Å². The molecule has 1 unspecified atom stereocenters. The molecule has 0 spiro atoms. The summed E-state index contributed by atoms with van der Waals surface area (Å²) in [5, 5.41) is 0. The van der Waals surface area contributed by atoms with E-state index in [4.69, 9.17) is 11.5 Å². The fourth-order valence-electron chi connectivity index (χ4n) is 1.69. The Morgan fingerprint density at radius 3 is 2.30 bits per heavy atom. The van der Waals surface area contributed by atoms with Gasteiger partial charge in [-0.05, 0) is 32.4 Å². The summed E-state index contributed by atoms with van der Waals surface area (Å²) in [6.07, 6.45) is 4.70. The van der Waals surface area contributed by atoms with Gasteiger partial charge >= 0.3 is 0 Å². The van der Waals surface area contributed by atoms with E-state index >= 15 is 0 Å². The average molecular weight is 295 g/mol. The monoisotopic (exact) mass is 295 g/mol. The largest absolute Gasteiger partial charge is 0.400 e. The molecule has 0 saturated heterocycles. The Kier molecular flexibility index (Phi) is 9.38. The minimum atomic E-state index is -0.289. The van der Waals surface area contributed by atoms with Gasteiger partial charge in [0.1, 0.15) is 0 Å². The third kappa shape index (κ3) is 6.98. The zero-order valence-electron chi connectivity index (χ0n) is 13.0. The molecular formula is C16H29N3S. The van der Waals surface area contributed by atoms with Crippen molar-refractivity contribution in [2.75, 3.05) is 18.8 Å². The van der Waals surface area contributed by atoms with E-state index in [1.54, 1.807) is 0 Å². The van der Waals surface area contributed by atoms with Gasteiger partial charge in [-0.2, -0.15) is 12.6 Å². The van der Waals surface area contributed by atoms with Crippen molar-refractivity contribution >= 4 is 12.6 Å².